The van der Waals surface area contributed by atoms with Crippen molar-refractivity contribution in [2.75, 3.05) is 11.1 Å². The summed E-state index contributed by atoms with van der Waals surface area (Å²) in [6.07, 6.45) is 2.19. The fourth-order valence-electron chi connectivity index (χ4n) is 3.32. The van der Waals surface area contributed by atoms with Gasteiger partial charge in [-0.25, -0.2) is 0 Å². The Kier molecular flexibility index (Phi) is 5.81. The van der Waals surface area contributed by atoms with Gasteiger partial charge in [-0.2, -0.15) is 0 Å². The zero-order valence-electron chi connectivity index (χ0n) is 16.9. The molecule has 0 spiro atoms. The topological polar surface area (TPSA) is 103 Å². The number of aromatic nitrogens is 3. The molecule has 3 aromatic heterocycles. The number of nitrogens with zero attached hydrogens (tertiary/aromatic N) is 3. The molecule has 1 fully saturated rings. The molecule has 1 aliphatic carbocycles. The summed E-state index contributed by atoms with van der Waals surface area (Å²) < 4.78 is 2.14. The number of benzene rings is 1. The van der Waals surface area contributed by atoms with Crippen LogP contribution in [0, 0.1) is 0 Å². The molecule has 1 aromatic carbocycles. The van der Waals surface area contributed by atoms with Gasteiger partial charge in [-0.15, -0.1) is 32.9 Å². The minimum absolute atomic E-state index is 0.159. The van der Waals surface area contributed by atoms with Crippen LogP contribution < -0.4 is 11.1 Å². The number of hydrogen-bond acceptors (Lipinski definition) is 7. The highest BCUT2D eigenvalue weighted by Gasteiger charge is 2.30. The molecule has 0 unspecified atom stereocenters. The Labute approximate surface area is 196 Å². The Morgan fingerprint density at radius 2 is 1.94 bits per heavy atom. The maximum absolute atomic E-state index is 12.7. The third kappa shape index (κ3) is 4.34. The predicted molar refractivity (Wildman–Crippen MR) is 129 cm³/mol. The van der Waals surface area contributed by atoms with E-state index >= 15 is 0 Å². The molecule has 162 valence electrons. The number of thioether (sulfide) groups is 1. The van der Waals surface area contributed by atoms with Crippen molar-refractivity contribution in [3.63, 3.8) is 0 Å². The zero-order chi connectivity index (χ0) is 22.1. The molecule has 1 aliphatic rings. The summed E-state index contributed by atoms with van der Waals surface area (Å²) in [5.74, 6) is 0.223. The quantitative estimate of drug-likeness (QED) is 0.349. The molecule has 0 atom stereocenters. The summed E-state index contributed by atoms with van der Waals surface area (Å²) in [6, 6.07) is 15.8. The fourth-order valence-corrected chi connectivity index (χ4v) is 5.91. The van der Waals surface area contributed by atoms with Crippen molar-refractivity contribution in [3.8, 4) is 21.1 Å². The maximum Gasteiger partial charge on any atom is 0.251 e. The second-order valence-corrected chi connectivity index (χ2v) is 10.2. The number of carbonyl (C=O) groups excluding carboxylic acids is 2. The first-order valence-corrected chi connectivity index (χ1v) is 12.7. The van der Waals surface area contributed by atoms with Crippen LogP contribution >= 0.6 is 34.4 Å². The number of nitrogens with one attached hydrogen (secondary N) is 1. The van der Waals surface area contributed by atoms with Gasteiger partial charge in [-0.3, -0.25) is 14.2 Å². The zero-order valence-corrected chi connectivity index (χ0v) is 19.3. The minimum atomic E-state index is -0.569. The summed E-state index contributed by atoms with van der Waals surface area (Å²) in [7, 11) is 0. The number of carbonyl (C=O) groups is 2. The van der Waals surface area contributed by atoms with E-state index in [4.69, 9.17) is 5.73 Å². The normalized spacial score (nSPS) is 13.2. The number of rotatable bonds is 8. The molecular formula is C22H19N5O2S3. The van der Waals surface area contributed by atoms with E-state index in [9.17, 15) is 9.59 Å². The summed E-state index contributed by atoms with van der Waals surface area (Å²) in [5.41, 5.74) is 6.83. The van der Waals surface area contributed by atoms with Gasteiger partial charge in [-0.1, -0.05) is 48.2 Å². The lowest BCUT2D eigenvalue weighted by Crippen LogP contribution is -2.18. The maximum atomic E-state index is 12.7. The second-order valence-electron chi connectivity index (χ2n) is 7.31. The first kappa shape index (κ1) is 20.9. The smallest absolute Gasteiger partial charge is 0.251 e. The molecule has 3 N–H and O–H groups in total. The lowest BCUT2D eigenvalue weighted by atomic mass is 10.1. The Morgan fingerprint density at radius 1 is 1.12 bits per heavy atom. The van der Waals surface area contributed by atoms with Gasteiger partial charge in [-0.05, 0) is 35.9 Å². The van der Waals surface area contributed by atoms with Gasteiger partial charge in [0.15, 0.2) is 11.0 Å². The monoisotopic (exact) mass is 481 g/mol. The summed E-state index contributed by atoms with van der Waals surface area (Å²) in [6.45, 7) is 0. The van der Waals surface area contributed by atoms with Crippen LogP contribution in [0.3, 0.4) is 0 Å². The van der Waals surface area contributed by atoms with Gasteiger partial charge >= 0.3 is 0 Å². The highest BCUT2D eigenvalue weighted by Crippen LogP contribution is 2.42. The van der Waals surface area contributed by atoms with Crippen molar-refractivity contribution in [2.24, 2.45) is 5.73 Å². The number of anilines is 1. The summed E-state index contributed by atoms with van der Waals surface area (Å²) in [4.78, 5) is 26.6. The highest BCUT2D eigenvalue weighted by atomic mass is 32.2. The molecule has 7 nitrogen and oxygen atoms in total. The van der Waals surface area contributed by atoms with Crippen LogP contribution in [0.25, 0.3) is 21.1 Å². The Morgan fingerprint density at radius 3 is 2.62 bits per heavy atom. The van der Waals surface area contributed by atoms with Crippen LogP contribution in [0.15, 0.2) is 59.1 Å². The molecule has 0 saturated heterocycles. The number of amides is 2. The van der Waals surface area contributed by atoms with Gasteiger partial charge in [0, 0.05) is 10.9 Å². The van der Waals surface area contributed by atoms with E-state index in [1.165, 1.54) is 23.1 Å². The van der Waals surface area contributed by atoms with Gasteiger partial charge < -0.3 is 11.1 Å². The van der Waals surface area contributed by atoms with Crippen LogP contribution in [-0.4, -0.2) is 32.3 Å². The Balaban J connectivity index is 1.31. The van der Waals surface area contributed by atoms with Gasteiger partial charge in [0.2, 0.25) is 5.91 Å². The third-order valence-corrected chi connectivity index (χ3v) is 7.87. The molecular weight excluding hydrogens is 462 g/mol. The molecule has 0 radical (unpaired) electrons. The van der Waals surface area contributed by atoms with Gasteiger partial charge in [0.05, 0.1) is 16.2 Å². The predicted octanol–water partition coefficient (Wildman–Crippen LogP) is 4.90. The van der Waals surface area contributed by atoms with Crippen LogP contribution in [0.4, 0.5) is 5.00 Å². The number of thiophene rings is 2. The molecule has 5 rings (SSSR count). The Bertz CT molecular complexity index is 1260. The summed E-state index contributed by atoms with van der Waals surface area (Å²) in [5, 5.41) is 14.8. The molecule has 10 heteroatoms. The van der Waals surface area contributed by atoms with Crippen molar-refractivity contribution in [1.29, 1.82) is 0 Å². The van der Waals surface area contributed by atoms with Crippen LogP contribution in [0.2, 0.25) is 0 Å². The SMILES string of the molecule is NC(=O)c1cc(-c2ccccc2)sc1NC(=O)CSc1nnc(-c2cccs2)n1C1CC1. The van der Waals surface area contributed by atoms with Crippen molar-refractivity contribution in [3.05, 3.63) is 59.5 Å². The van der Waals surface area contributed by atoms with E-state index in [-0.39, 0.29) is 11.7 Å². The average molecular weight is 482 g/mol. The van der Waals surface area contributed by atoms with Crippen molar-refractivity contribution < 1.29 is 9.59 Å². The Hall–Kier alpha value is -2.95. The van der Waals surface area contributed by atoms with Crippen LogP contribution in [0.1, 0.15) is 29.2 Å². The molecule has 1 saturated carbocycles. The lowest BCUT2D eigenvalue weighted by molar-refractivity contribution is -0.113. The number of primary amides is 1. The first-order valence-electron chi connectivity index (χ1n) is 10.0. The second kappa shape index (κ2) is 8.89. The molecule has 0 bridgehead atoms. The molecule has 0 aliphatic heterocycles. The molecule has 32 heavy (non-hydrogen) atoms. The van der Waals surface area contributed by atoms with Crippen LogP contribution in [0.5, 0.6) is 0 Å². The fraction of sp³-hybridized carbons (Fsp3) is 0.182. The third-order valence-electron chi connectivity index (χ3n) is 4.96. The van der Waals surface area contributed by atoms with Crippen molar-refractivity contribution in [2.45, 2.75) is 24.0 Å². The van der Waals surface area contributed by atoms with E-state index < -0.39 is 5.91 Å². The largest absolute Gasteiger partial charge is 0.366 e. The van der Waals surface area contributed by atoms with Crippen LogP contribution in [-0.2, 0) is 4.79 Å². The van der Waals surface area contributed by atoms with E-state index in [0.29, 0.717) is 16.6 Å². The van der Waals surface area contributed by atoms with E-state index in [1.54, 1.807) is 17.4 Å². The highest BCUT2D eigenvalue weighted by molar-refractivity contribution is 7.99. The van der Waals surface area contributed by atoms with E-state index in [1.807, 2.05) is 47.8 Å². The van der Waals surface area contributed by atoms with E-state index in [0.717, 1.165) is 39.1 Å². The van der Waals surface area contributed by atoms with Crippen molar-refractivity contribution >= 4 is 51.3 Å². The van der Waals surface area contributed by atoms with Gasteiger partial charge in [0.1, 0.15) is 5.00 Å². The van der Waals surface area contributed by atoms with Crippen molar-refractivity contribution in [1.82, 2.24) is 14.8 Å². The first-order chi connectivity index (χ1) is 15.6. The summed E-state index contributed by atoms with van der Waals surface area (Å²) >= 11 is 4.31. The minimum Gasteiger partial charge on any atom is -0.366 e. The average Bonchev–Trinajstić information content (AvgIpc) is 3.19. The number of nitrogens with two attached hydrogens (primary N) is 1. The van der Waals surface area contributed by atoms with E-state index in [2.05, 4.69) is 20.1 Å². The molecule has 2 amide bonds. The number of hydrogen-bond donors (Lipinski definition) is 2. The standard InChI is InChI=1S/C22H19N5O2S3/c23-19(29)15-11-17(13-5-2-1-3-6-13)32-21(15)24-18(28)12-31-22-26-25-20(16-7-4-10-30-16)27(22)14-8-9-14/h1-7,10-11,14H,8-9,12H2,(H2,23,29)(H,24,28). The molecule has 4 aromatic rings. The van der Waals surface area contributed by atoms with Gasteiger partial charge in [0.25, 0.3) is 5.91 Å². The lowest BCUT2D eigenvalue weighted by Gasteiger charge is -2.08. The molecule has 3 heterocycles.